The fourth-order valence-corrected chi connectivity index (χ4v) is 4.70. The molecule has 0 aliphatic rings. The Kier molecular flexibility index (Phi) is 4.95. The van der Waals surface area contributed by atoms with E-state index in [9.17, 15) is 18.0 Å². The van der Waals surface area contributed by atoms with Gasteiger partial charge in [-0.15, -0.1) is 0 Å². The van der Waals surface area contributed by atoms with Crippen LogP contribution in [0.3, 0.4) is 0 Å². The zero-order chi connectivity index (χ0) is 21.5. The molecule has 0 fully saturated rings. The summed E-state index contributed by atoms with van der Waals surface area (Å²) in [6.45, 7) is 2.05. The van der Waals surface area contributed by atoms with Crippen molar-refractivity contribution in [3.63, 3.8) is 0 Å². The summed E-state index contributed by atoms with van der Waals surface area (Å²) in [5.74, 6) is -0.668. The number of fused-ring (bicyclic) bond motifs is 3. The molecule has 4 rings (SSSR count). The van der Waals surface area contributed by atoms with E-state index in [4.69, 9.17) is 4.74 Å². The maximum atomic E-state index is 13.2. The van der Waals surface area contributed by atoms with Crippen LogP contribution in [-0.2, 0) is 14.8 Å². The van der Waals surface area contributed by atoms with E-state index in [2.05, 4.69) is 4.98 Å². The van der Waals surface area contributed by atoms with Crippen molar-refractivity contribution < 1.29 is 17.9 Å². The van der Waals surface area contributed by atoms with Gasteiger partial charge in [0.25, 0.3) is 5.56 Å². The number of ether oxygens (including phenoxy) is 1. The molecule has 0 saturated heterocycles. The van der Waals surface area contributed by atoms with Gasteiger partial charge in [0.2, 0.25) is 10.0 Å². The number of H-pyrrole nitrogens is 1. The van der Waals surface area contributed by atoms with Gasteiger partial charge in [0.05, 0.1) is 24.1 Å². The van der Waals surface area contributed by atoms with E-state index >= 15 is 0 Å². The molecule has 0 atom stereocenters. The van der Waals surface area contributed by atoms with Crippen LogP contribution in [0.1, 0.15) is 23.7 Å². The molecule has 4 aromatic rings. The second-order valence-electron chi connectivity index (χ2n) is 6.98. The van der Waals surface area contributed by atoms with Crippen molar-refractivity contribution in [3.8, 4) is 11.3 Å². The van der Waals surface area contributed by atoms with Crippen molar-refractivity contribution >= 4 is 37.8 Å². The number of nitrogens with one attached hydrogen (secondary N) is 1. The van der Waals surface area contributed by atoms with Crippen LogP contribution >= 0.6 is 0 Å². The minimum atomic E-state index is -3.94. The second-order valence-corrected chi connectivity index (χ2v) is 8.81. The molecular formula is C22H20N2O5S. The third kappa shape index (κ3) is 3.19. The highest BCUT2D eigenvalue weighted by molar-refractivity contribution is 7.89. The summed E-state index contributed by atoms with van der Waals surface area (Å²) in [7, 11) is -3.94. The average molecular weight is 424 g/mol. The fourth-order valence-electron chi connectivity index (χ4n) is 3.67. The molecule has 0 unspecified atom stereocenters. The fraction of sp³-hybridized carbons (Fsp3) is 0.182. The van der Waals surface area contributed by atoms with Crippen LogP contribution in [-0.4, -0.2) is 36.2 Å². The van der Waals surface area contributed by atoms with Crippen LogP contribution in [0.2, 0.25) is 0 Å². The molecule has 2 aromatic carbocycles. The third-order valence-corrected chi connectivity index (χ3v) is 5.84. The predicted octanol–water partition coefficient (Wildman–Crippen LogP) is 3.52. The van der Waals surface area contributed by atoms with E-state index in [1.165, 1.54) is 0 Å². The first-order chi connectivity index (χ1) is 14.3. The van der Waals surface area contributed by atoms with E-state index in [0.29, 0.717) is 22.9 Å². The third-order valence-electron chi connectivity index (χ3n) is 4.81. The van der Waals surface area contributed by atoms with Crippen LogP contribution in [0.5, 0.6) is 0 Å². The highest BCUT2D eigenvalue weighted by atomic mass is 32.2. The Morgan fingerprint density at radius 1 is 1.07 bits per heavy atom. The normalized spacial score (nSPS) is 11.8. The predicted molar refractivity (Wildman–Crippen MR) is 116 cm³/mol. The number of aromatic nitrogens is 2. The Morgan fingerprint density at radius 3 is 2.40 bits per heavy atom. The van der Waals surface area contributed by atoms with Gasteiger partial charge in [0.15, 0.2) is 0 Å². The number of aromatic amines is 1. The number of nitrogens with zero attached hydrogens (tertiary/aromatic N) is 1. The van der Waals surface area contributed by atoms with Crippen LogP contribution in [0.15, 0.2) is 59.4 Å². The Morgan fingerprint density at radius 2 is 1.73 bits per heavy atom. The molecular weight excluding hydrogens is 404 g/mol. The van der Waals surface area contributed by atoms with E-state index < -0.39 is 21.6 Å². The van der Waals surface area contributed by atoms with Gasteiger partial charge in [0, 0.05) is 21.9 Å². The molecule has 2 aromatic heterocycles. The molecule has 2 heterocycles. The molecule has 0 aliphatic carbocycles. The number of para-hydroxylation sites is 1. The number of benzene rings is 2. The standard InChI is InChI=1S/C22H20N2O5S/c1-3-13-29-22(26)18-17-15-11-7-8-12-16(15)23-21(25)20(17)24(30(2,27)28)19(18)14-9-5-4-6-10-14/h4-12H,3,13H2,1-2H3,(H,23,25). The maximum absolute atomic E-state index is 13.2. The first-order valence-electron chi connectivity index (χ1n) is 9.47. The monoisotopic (exact) mass is 424 g/mol. The lowest BCUT2D eigenvalue weighted by molar-refractivity contribution is 0.0508. The van der Waals surface area contributed by atoms with E-state index in [1.54, 1.807) is 54.6 Å². The molecule has 0 bridgehead atoms. The minimum absolute atomic E-state index is 0.0670. The molecule has 8 heteroatoms. The van der Waals surface area contributed by atoms with E-state index in [-0.39, 0.29) is 28.8 Å². The van der Waals surface area contributed by atoms with Crippen molar-refractivity contribution in [1.29, 1.82) is 0 Å². The van der Waals surface area contributed by atoms with Gasteiger partial charge in [-0.2, -0.15) is 0 Å². The van der Waals surface area contributed by atoms with Crippen LogP contribution < -0.4 is 5.56 Å². The summed E-state index contributed by atoms with van der Waals surface area (Å²) in [6, 6.07) is 15.6. The summed E-state index contributed by atoms with van der Waals surface area (Å²) in [5, 5.41) is 0.829. The first kappa shape index (κ1) is 19.9. The van der Waals surface area contributed by atoms with Gasteiger partial charge in [-0.3, -0.25) is 4.79 Å². The molecule has 0 spiro atoms. The maximum Gasteiger partial charge on any atom is 0.341 e. The summed E-state index contributed by atoms with van der Waals surface area (Å²) < 4.78 is 32.0. The summed E-state index contributed by atoms with van der Waals surface area (Å²) in [6.07, 6.45) is 1.62. The molecule has 154 valence electrons. The van der Waals surface area contributed by atoms with Crippen LogP contribution in [0.4, 0.5) is 0 Å². The average Bonchev–Trinajstić information content (AvgIpc) is 3.10. The summed E-state index contributed by atoms with van der Waals surface area (Å²) >= 11 is 0. The quantitative estimate of drug-likeness (QED) is 0.494. The number of carbonyl (C=O) groups excluding carboxylic acids is 1. The number of esters is 1. The lowest BCUT2D eigenvalue weighted by atomic mass is 10.0. The van der Waals surface area contributed by atoms with Gasteiger partial charge >= 0.3 is 5.97 Å². The van der Waals surface area contributed by atoms with Gasteiger partial charge in [-0.05, 0) is 12.5 Å². The zero-order valence-corrected chi connectivity index (χ0v) is 17.3. The number of rotatable bonds is 5. The van der Waals surface area contributed by atoms with Gasteiger partial charge in [0.1, 0.15) is 5.52 Å². The molecule has 7 nitrogen and oxygen atoms in total. The van der Waals surface area contributed by atoms with Gasteiger partial charge in [-0.1, -0.05) is 55.5 Å². The Labute approximate surface area is 173 Å². The first-order valence-corrected chi connectivity index (χ1v) is 11.3. The second kappa shape index (κ2) is 7.46. The van der Waals surface area contributed by atoms with Crippen LogP contribution in [0, 0.1) is 0 Å². The molecule has 30 heavy (non-hydrogen) atoms. The number of hydrogen-bond donors (Lipinski definition) is 1. The molecule has 0 amide bonds. The van der Waals surface area contributed by atoms with Crippen molar-refractivity contribution in [3.05, 3.63) is 70.5 Å². The number of carbonyl (C=O) groups is 1. The Balaban J connectivity index is 2.30. The van der Waals surface area contributed by atoms with E-state index in [0.717, 1.165) is 10.2 Å². The van der Waals surface area contributed by atoms with Crippen molar-refractivity contribution in [2.45, 2.75) is 13.3 Å². The number of hydrogen-bond acceptors (Lipinski definition) is 5. The molecule has 0 aliphatic heterocycles. The number of pyridine rings is 1. The molecule has 0 radical (unpaired) electrons. The van der Waals surface area contributed by atoms with Crippen molar-refractivity contribution in [2.24, 2.45) is 0 Å². The van der Waals surface area contributed by atoms with Crippen LogP contribution in [0.25, 0.3) is 33.1 Å². The minimum Gasteiger partial charge on any atom is -0.462 e. The van der Waals surface area contributed by atoms with Gasteiger partial charge in [-0.25, -0.2) is 17.2 Å². The lowest BCUT2D eigenvalue weighted by Gasteiger charge is -2.10. The summed E-state index contributed by atoms with van der Waals surface area (Å²) in [5.41, 5.74) is 0.489. The highest BCUT2D eigenvalue weighted by Gasteiger charge is 2.31. The lowest BCUT2D eigenvalue weighted by Crippen LogP contribution is -2.18. The Hall–Kier alpha value is -3.39. The molecule has 1 N–H and O–H groups in total. The highest BCUT2D eigenvalue weighted by Crippen LogP contribution is 2.37. The van der Waals surface area contributed by atoms with Crippen molar-refractivity contribution in [1.82, 2.24) is 8.96 Å². The van der Waals surface area contributed by atoms with Crippen molar-refractivity contribution in [2.75, 3.05) is 12.9 Å². The zero-order valence-electron chi connectivity index (χ0n) is 16.5. The molecule has 0 saturated carbocycles. The SMILES string of the molecule is CCCOC(=O)c1c(-c2ccccc2)n(S(C)(=O)=O)c2c(=O)[nH]c3ccccc3c12. The largest absolute Gasteiger partial charge is 0.462 e. The van der Waals surface area contributed by atoms with E-state index in [1.807, 2.05) is 6.92 Å². The summed E-state index contributed by atoms with van der Waals surface area (Å²) in [4.78, 5) is 28.9. The topological polar surface area (TPSA) is 98.2 Å². The smallest absolute Gasteiger partial charge is 0.341 e. The van der Waals surface area contributed by atoms with Gasteiger partial charge < -0.3 is 9.72 Å². The Bertz CT molecular complexity index is 1430.